The molecule has 0 saturated carbocycles. The summed E-state index contributed by atoms with van der Waals surface area (Å²) in [7, 11) is 0. The highest BCUT2D eigenvalue weighted by molar-refractivity contribution is 7.26. The molecule has 1 aromatic heterocycles. The summed E-state index contributed by atoms with van der Waals surface area (Å²) in [4.78, 5) is 4.83. The van der Waals surface area contributed by atoms with E-state index in [0.717, 1.165) is 28.4 Å². The van der Waals surface area contributed by atoms with Crippen LogP contribution in [0, 0.1) is 0 Å². The van der Waals surface area contributed by atoms with Crippen LogP contribution < -0.4 is 9.80 Å². The molecule has 0 amide bonds. The van der Waals surface area contributed by atoms with E-state index >= 15 is 0 Å². The van der Waals surface area contributed by atoms with Gasteiger partial charge in [0.25, 0.3) is 0 Å². The molecule has 1 spiro atoms. The van der Waals surface area contributed by atoms with Crippen molar-refractivity contribution >= 4 is 65.6 Å². The number of thiophene rings is 1. The fourth-order valence-corrected chi connectivity index (χ4v) is 11.9. The summed E-state index contributed by atoms with van der Waals surface area (Å²) in [6.07, 6.45) is 0. The van der Waals surface area contributed by atoms with Crippen molar-refractivity contribution in [2.45, 2.75) is 24.7 Å². The maximum absolute atomic E-state index is 2.52. The molecule has 61 heavy (non-hydrogen) atoms. The van der Waals surface area contributed by atoms with Gasteiger partial charge < -0.3 is 9.80 Å². The Kier molecular flexibility index (Phi) is 8.01. The lowest BCUT2D eigenvalue weighted by Gasteiger charge is -2.46. The van der Waals surface area contributed by atoms with Crippen molar-refractivity contribution in [2.24, 2.45) is 0 Å². The Bertz CT molecular complexity index is 3200. The zero-order chi connectivity index (χ0) is 40.7. The van der Waals surface area contributed by atoms with E-state index in [9.17, 15) is 0 Å². The molecule has 2 aliphatic carbocycles. The van der Waals surface area contributed by atoms with Crippen LogP contribution in [-0.2, 0) is 10.8 Å². The van der Waals surface area contributed by atoms with Crippen LogP contribution >= 0.6 is 11.3 Å². The number of fused-ring (bicyclic) bond motifs is 12. The summed E-state index contributed by atoms with van der Waals surface area (Å²) >= 11 is 1.88. The fourth-order valence-electron chi connectivity index (χ4n) is 10.7. The van der Waals surface area contributed by atoms with Gasteiger partial charge in [-0.1, -0.05) is 159 Å². The lowest BCUT2D eigenvalue weighted by molar-refractivity contribution is 0.563. The predicted molar refractivity (Wildman–Crippen MR) is 258 cm³/mol. The Morgan fingerprint density at radius 2 is 0.820 bits per heavy atom. The second-order valence-corrected chi connectivity index (χ2v) is 17.9. The van der Waals surface area contributed by atoms with Crippen molar-refractivity contribution in [3.63, 3.8) is 0 Å². The number of hydrogen-bond donors (Lipinski definition) is 0. The highest BCUT2D eigenvalue weighted by Gasteiger charge is 2.53. The smallest absolute Gasteiger partial charge is 0.0720 e. The molecule has 1 heterocycles. The van der Waals surface area contributed by atoms with Crippen molar-refractivity contribution < 1.29 is 0 Å². The second-order valence-electron chi connectivity index (χ2n) is 16.9. The fraction of sp³-hybridized carbons (Fsp3) is 0.0690. The van der Waals surface area contributed by atoms with Crippen molar-refractivity contribution in [1.82, 2.24) is 0 Å². The predicted octanol–water partition coefficient (Wildman–Crippen LogP) is 16.0. The average Bonchev–Trinajstić information content (AvgIpc) is 3.84. The third kappa shape index (κ3) is 5.20. The van der Waals surface area contributed by atoms with Crippen LogP contribution in [0.25, 0.3) is 31.3 Å². The molecule has 0 radical (unpaired) electrons. The lowest BCUT2D eigenvalue weighted by Crippen LogP contribution is -2.40. The van der Waals surface area contributed by atoms with Crippen LogP contribution in [0.1, 0.15) is 47.2 Å². The van der Waals surface area contributed by atoms with E-state index in [0.29, 0.717) is 0 Å². The van der Waals surface area contributed by atoms with Crippen LogP contribution in [-0.4, -0.2) is 0 Å². The van der Waals surface area contributed by atoms with Crippen molar-refractivity contribution in [3.05, 3.63) is 252 Å². The molecule has 0 aliphatic heterocycles. The maximum atomic E-state index is 2.52. The highest BCUT2D eigenvalue weighted by Crippen LogP contribution is 2.63. The number of rotatable bonds is 6. The molecule has 0 N–H and O–H groups in total. The number of benzene rings is 9. The van der Waals surface area contributed by atoms with E-state index in [1.165, 1.54) is 70.4 Å². The maximum Gasteiger partial charge on any atom is 0.0720 e. The summed E-state index contributed by atoms with van der Waals surface area (Å²) in [6, 6.07) is 80.8. The minimum atomic E-state index is -0.490. The molecule has 9 aromatic carbocycles. The van der Waals surface area contributed by atoms with Crippen LogP contribution in [0.15, 0.2) is 218 Å². The number of para-hydroxylation sites is 2. The molecule has 12 rings (SSSR count). The van der Waals surface area contributed by atoms with Gasteiger partial charge in [0.15, 0.2) is 0 Å². The lowest BCUT2D eigenvalue weighted by atomic mass is 9.55. The normalized spacial score (nSPS) is 14.0. The Morgan fingerprint density at radius 3 is 1.48 bits per heavy atom. The largest absolute Gasteiger partial charge is 0.311 e. The first-order chi connectivity index (χ1) is 30.0. The third-order valence-corrected chi connectivity index (χ3v) is 14.5. The van der Waals surface area contributed by atoms with Crippen molar-refractivity contribution in [2.75, 3.05) is 9.80 Å². The van der Waals surface area contributed by atoms with E-state index in [4.69, 9.17) is 0 Å². The molecule has 0 bridgehead atoms. The highest BCUT2D eigenvalue weighted by atomic mass is 32.1. The number of anilines is 6. The molecule has 2 nitrogen and oxygen atoms in total. The SMILES string of the molecule is CC1(C)c2ccccc2C2(c3ccccc3-c3ccc(N(c4ccc(N(c5ccccc5)c5ccccc5)cc4)c4cccc5c4sc4ccccc45)cc32)c2ccccc21. The molecular formula is C58H42N2S. The van der Waals surface area contributed by atoms with Gasteiger partial charge in [0.1, 0.15) is 0 Å². The van der Waals surface area contributed by atoms with Gasteiger partial charge in [0.2, 0.25) is 0 Å². The number of nitrogens with zero attached hydrogens (tertiary/aromatic N) is 2. The summed E-state index contributed by atoms with van der Waals surface area (Å²) in [6.45, 7) is 4.78. The molecule has 290 valence electrons. The molecule has 0 saturated heterocycles. The molecule has 3 heteroatoms. The third-order valence-electron chi connectivity index (χ3n) is 13.3. The topological polar surface area (TPSA) is 6.48 Å². The molecule has 10 aromatic rings. The Balaban J connectivity index is 1.11. The first-order valence-electron chi connectivity index (χ1n) is 21.2. The first-order valence-corrected chi connectivity index (χ1v) is 22.0. The van der Waals surface area contributed by atoms with Gasteiger partial charge in [0.05, 0.1) is 15.8 Å². The quantitative estimate of drug-likeness (QED) is 0.165. The zero-order valence-electron chi connectivity index (χ0n) is 34.1. The number of hydrogen-bond acceptors (Lipinski definition) is 3. The average molecular weight is 799 g/mol. The Labute approximate surface area is 361 Å². The van der Waals surface area contributed by atoms with Crippen molar-refractivity contribution in [1.29, 1.82) is 0 Å². The summed E-state index contributed by atoms with van der Waals surface area (Å²) in [5.41, 5.74) is 16.9. The second kappa shape index (κ2) is 13.7. The van der Waals surface area contributed by atoms with E-state index < -0.39 is 5.41 Å². The Morgan fingerprint density at radius 1 is 0.344 bits per heavy atom. The zero-order valence-corrected chi connectivity index (χ0v) is 34.9. The summed E-state index contributed by atoms with van der Waals surface area (Å²) in [5, 5.41) is 2.57. The van der Waals surface area contributed by atoms with Gasteiger partial charge in [-0.2, -0.15) is 0 Å². The van der Waals surface area contributed by atoms with Crippen LogP contribution in [0.4, 0.5) is 34.1 Å². The van der Waals surface area contributed by atoms with Gasteiger partial charge in [-0.3, -0.25) is 0 Å². The van der Waals surface area contributed by atoms with Gasteiger partial charge in [-0.15, -0.1) is 11.3 Å². The van der Waals surface area contributed by atoms with E-state index in [2.05, 4.69) is 242 Å². The van der Waals surface area contributed by atoms with Gasteiger partial charge in [-0.25, -0.2) is 0 Å². The summed E-state index contributed by atoms with van der Waals surface area (Å²) < 4.78 is 2.57. The first kappa shape index (κ1) is 35.7. The monoisotopic (exact) mass is 798 g/mol. The van der Waals surface area contributed by atoms with Gasteiger partial charge in [0, 0.05) is 49.3 Å². The molecule has 0 unspecified atom stereocenters. The van der Waals surface area contributed by atoms with Gasteiger partial charge in [-0.05, 0) is 117 Å². The van der Waals surface area contributed by atoms with E-state index in [-0.39, 0.29) is 5.41 Å². The minimum absolute atomic E-state index is 0.161. The van der Waals surface area contributed by atoms with Crippen LogP contribution in [0.3, 0.4) is 0 Å². The van der Waals surface area contributed by atoms with E-state index in [1.807, 2.05) is 11.3 Å². The summed E-state index contributed by atoms with van der Waals surface area (Å²) in [5.74, 6) is 0. The molecule has 0 atom stereocenters. The molecule has 0 fully saturated rings. The van der Waals surface area contributed by atoms with Gasteiger partial charge >= 0.3 is 0 Å². The van der Waals surface area contributed by atoms with Crippen molar-refractivity contribution in [3.8, 4) is 11.1 Å². The molecular weight excluding hydrogens is 757 g/mol. The minimum Gasteiger partial charge on any atom is -0.311 e. The van der Waals surface area contributed by atoms with E-state index in [1.54, 1.807) is 0 Å². The van der Waals surface area contributed by atoms with Crippen LogP contribution in [0.2, 0.25) is 0 Å². The van der Waals surface area contributed by atoms with Crippen LogP contribution in [0.5, 0.6) is 0 Å². The standard InChI is InChI=1S/C58H42N2S/c1-57(2)49-26-12-14-28-51(49)58(52-29-15-13-27-50(52)57)48-25-11-9-22-44(48)45-37-36-43(38-53(45)58)60(54-30-17-24-47-46-23-10-16-31-55(46)61-56(47)54)42-34-32-41(33-35-42)59(39-18-5-3-6-19-39)40-20-7-4-8-21-40/h3-38H,1-2H3. The Hall–Kier alpha value is -7.20. The molecule has 2 aliphatic rings.